The van der Waals surface area contributed by atoms with E-state index in [1.54, 1.807) is 41.5 Å². The molecule has 0 aromatic heterocycles. The van der Waals surface area contributed by atoms with Crippen molar-refractivity contribution >= 4 is 11.9 Å². The van der Waals surface area contributed by atoms with Crippen molar-refractivity contribution in [1.29, 1.82) is 0 Å². The number of ether oxygens (including phenoxy) is 2. The zero-order valence-electron chi connectivity index (χ0n) is 12.4. The van der Waals surface area contributed by atoms with E-state index in [4.69, 9.17) is 15.2 Å². The molecule has 0 radical (unpaired) electrons. The molecule has 0 aliphatic heterocycles. The molecular weight excluding hydrogens is 234 g/mol. The van der Waals surface area contributed by atoms with E-state index in [-0.39, 0.29) is 6.42 Å². The Hall–Kier alpha value is -1.10. The first kappa shape index (κ1) is 16.9. The molecule has 0 saturated heterocycles. The number of rotatable bonds is 3. The van der Waals surface area contributed by atoms with Crippen molar-refractivity contribution in [1.82, 2.24) is 0 Å². The van der Waals surface area contributed by atoms with Gasteiger partial charge in [0.1, 0.15) is 16.7 Å². The fraction of sp³-hybridized carbons (Fsp3) is 0.846. The Bertz CT molecular complexity index is 321. The number of carbonyl (C=O) groups excluding carboxylic acids is 2. The molecule has 0 aromatic carbocycles. The van der Waals surface area contributed by atoms with Crippen LogP contribution in [0.25, 0.3) is 0 Å². The van der Waals surface area contributed by atoms with Crippen molar-refractivity contribution in [3.8, 4) is 0 Å². The lowest BCUT2D eigenvalue weighted by Gasteiger charge is -2.28. The van der Waals surface area contributed by atoms with Crippen LogP contribution >= 0.6 is 0 Å². The van der Waals surface area contributed by atoms with E-state index in [0.29, 0.717) is 0 Å². The van der Waals surface area contributed by atoms with E-state index < -0.39 is 28.7 Å². The van der Waals surface area contributed by atoms with Crippen molar-refractivity contribution in [2.24, 2.45) is 5.73 Å². The van der Waals surface area contributed by atoms with Gasteiger partial charge in [-0.3, -0.25) is 9.59 Å². The average Bonchev–Trinajstić information content (AvgIpc) is 1.94. The van der Waals surface area contributed by atoms with Crippen molar-refractivity contribution in [2.75, 3.05) is 0 Å². The predicted molar refractivity (Wildman–Crippen MR) is 68.9 cm³/mol. The third-order valence-electron chi connectivity index (χ3n) is 1.80. The van der Waals surface area contributed by atoms with Crippen LogP contribution in [-0.2, 0) is 19.1 Å². The standard InChI is InChI=1S/C13H25NO4/c1-11(2,3)17-9(15)8-13(7,14)10(16)18-12(4,5)6/h8,14H2,1-7H3/t13-/m0/s1. The van der Waals surface area contributed by atoms with Crippen LogP contribution < -0.4 is 5.73 Å². The highest BCUT2D eigenvalue weighted by atomic mass is 16.6. The highest BCUT2D eigenvalue weighted by Gasteiger charge is 2.36. The van der Waals surface area contributed by atoms with Gasteiger partial charge in [-0.1, -0.05) is 0 Å². The lowest BCUT2D eigenvalue weighted by Crippen LogP contribution is -2.50. The Balaban J connectivity index is 4.56. The normalized spacial score (nSPS) is 15.8. The van der Waals surface area contributed by atoms with E-state index >= 15 is 0 Å². The fourth-order valence-corrected chi connectivity index (χ4v) is 1.14. The minimum absolute atomic E-state index is 0.209. The van der Waals surface area contributed by atoms with E-state index in [0.717, 1.165) is 0 Å². The molecule has 1 atom stereocenters. The second-order valence-electron chi connectivity index (χ2n) is 6.68. The van der Waals surface area contributed by atoms with E-state index in [9.17, 15) is 9.59 Å². The maximum Gasteiger partial charge on any atom is 0.326 e. The van der Waals surface area contributed by atoms with Gasteiger partial charge in [0.25, 0.3) is 0 Å². The molecule has 0 unspecified atom stereocenters. The van der Waals surface area contributed by atoms with Crippen LogP contribution in [0.1, 0.15) is 54.9 Å². The molecule has 5 heteroatoms. The Morgan fingerprint density at radius 1 is 0.889 bits per heavy atom. The predicted octanol–water partition coefficient (Wildman–Crippen LogP) is 1.78. The molecule has 0 aromatic rings. The van der Waals surface area contributed by atoms with E-state index in [2.05, 4.69) is 0 Å². The minimum Gasteiger partial charge on any atom is -0.460 e. The summed E-state index contributed by atoms with van der Waals surface area (Å²) in [6.45, 7) is 12.0. The molecule has 0 amide bonds. The van der Waals surface area contributed by atoms with Gasteiger partial charge in [0, 0.05) is 0 Å². The molecule has 0 heterocycles. The van der Waals surface area contributed by atoms with Crippen LogP contribution in [0.15, 0.2) is 0 Å². The monoisotopic (exact) mass is 259 g/mol. The first-order chi connectivity index (χ1) is 7.73. The highest BCUT2D eigenvalue weighted by molar-refractivity contribution is 5.86. The summed E-state index contributed by atoms with van der Waals surface area (Å²) in [4.78, 5) is 23.5. The van der Waals surface area contributed by atoms with Gasteiger partial charge in [-0.15, -0.1) is 0 Å². The van der Waals surface area contributed by atoms with Crippen LogP contribution in [-0.4, -0.2) is 28.7 Å². The zero-order chi connectivity index (χ0) is 14.8. The second-order valence-corrected chi connectivity index (χ2v) is 6.68. The summed E-state index contributed by atoms with van der Waals surface area (Å²) < 4.78 is 10.3. The summed E-state index contributed by atoms with van der Waals surface area (Å²) >= 11 is 0. The van der Waals surface area contributed by atoms with Crippen LogP contribution in [0.5, 0.6) is 0 Å². The van der Waals surface area contributed by atoms with Gasteiger partial charge in [0.2, 0.25) is 0 Å². The Kier molecular flexibility index (Phi) is 4.94. The molecule has 5 nitrogen and oxygen atoms in total. The summed E-state index contributed by atoms with van der Waals surface area (Å²) in [6, 6.07) is 0. The summed E-state index contributed by atoms with van der Waals surface area (Å²) in [5.41, 5.74) is 3.20. The van der Waals surface area contributed by atoms with Crippen LogP contribution in [0, 0.1) is 0 Å². The van der Waals surface area contributed by atoms with Crippen LogP contribution in [0.3, 0.4) is 0 Å². The second kappa shape index (κ2) is 5.26. The fourth-order valence-electron chi connectivity index (χ4n) is 1.14. The van der Waals surface area contributed by atoms with Crippen molar-refractivity contribution in [2.45, 2.75) is 71.6 Å². The average molecular weight is 259 g/mol. The number of hydrogen-bond donors (Lipinski definition) is 1. The van der Waals surface area contributed by atoms with Crippen LogP contribution in [0.2, 0.25) is 0 Å². The Morgan fingerprint density at radius 3 is 1.61 bits per heavy atom. The minimum atomic E-state index is -1.38. The molecule has 18 heavy (non-hydrogen) atoms. The first-order valence-electron chi connectivity index (χ1n) is 5.97. The Labute approximate surface area is 109 Å². The maximum atomic E-state index is 11.8. The lowest BCUT2D eigenvalue weighted by molar-refractivity contribution is -0.168. The third kappa shape index (κ3) is 7.27. The van der Waals surface area contributed by atoms with E-state index in [1.807, 2.05) is 0 Å². The largest absolute Gasteiger partial charge is 0.460 e. The molecule has 0 saturated carbocycles. The van der Waals surface area contributed by atoms with Gasteiger partial charge >= 0.3 is 11.9 Å². The molecule has 0 fully saturated rings. The number of carbonyl (C=O) groups is 2. The third-order valence-corrected chi connectivity index (χ3v) is 1.80. The lowest BCUT2D eigenvalue weighted by atomic mass is 9.99. The highest BCUT2D eigenvalue weighted by Crippen LogP contribution is 2.17. The topological polar surface area (TPSA) is 78.6 Å². The van der Waals surface area contributed by atoms with Gasteiger partial charge in [-0.25, -0.2) is 0 Å². The summed E-state index contributed by atoms with van der Waals surface area (Å²) in [7, 11) is 0. The summed E-state index contributed by atoms with van der Waals surface area (Å²) in [6.07, 6.45) is -0.209. The molecule has 2 N–H and O–H groups in total. The van der Waals surface area contributed by atoms with Crippen molar-refractivity contribution in [3.05, 3.63) is 0 Å². The van der Waals surface area contributed by atoms with Gasteiger partial charge in [-0.2, -0.15) is 0 Å². The molecule has 0 rings (SSSR count). The van der Waals surface area contributed by atoms with Crippen LogP contribution in [0.4, 0.5) is 0 Å². The van der Waals surface area contributed by atoms with Gasteiger partial charge in [-0.05, 0) is 48.5 Å². The zero-order valence-corrected chi connectivity index (χ0v) is 12.4. The van der Waals surface area contributed by atoms with Crippen molar-refractivity contribution in [3.63, 3.8) is 0 Å². The number of esters is 2. The molecule has 0 aliphatic rings. The first-order valence-corrected chi connectivity index (χ1v) is 5.97. The molecule has 0 bridgehead atoms. The Morgan fingerprint density at radius 2 is 1.28 bits per heavy atom. The van der Waals surface area contributed by atoms with Gasteiger partial charge in [0.05, 0.1) is 6.42 Å². The maximum absolute atomic E-state index is 11.8. The number of hydrogen-bond acceptors (Lipinski definition) is 5. The smallest absolute Gasteiger partial charge is 0.326 e. The molecule has 106 valence electrons. The molecular formula is C13H25NO4. The van der Waals surface area contributed by atoms with Gasteiger partial charge in [0.15, 0.2) is 0 Å². The van der Waals surface area contributed by atoms with E-state index in [1.165, 1.54) is 6.92 Å². The summed E-state index contributed by atoms with van der Waals surface area (Å²) in [5, 5.41) is 0. The molecule has 0 spiro atoms. The van der Waals surface area contributed by atoms with Gasteiger partial charge < -0.3 is 15.2 Å². The quantitative estimate of drug-likeness (QED) is 0.781. The molecule has 0 aliphatic carbocycles. The number of nitrogens with two attached hydrogens (primary N) is 1. The SMILES string of the molecule is CC(C)(C)OC(=O)C[C@](C)(N)C(=O)OC(C)(C)C. The summed E-state index contributed by atoms with van der Waals surface area (Å²) in [5.74, 6) is -1.13. The van der Waals surface area contributed by atoms with Crippen molar-refractivity contribution < 1.29 is 19.1 Å².